The number of carbonyl (C=O) groups excluding carboxylic acids is 1. The molecule has 1 amide bonds. The first-order chi connectivity index (χ1) is 10.0. The van der Waals surface area contributed by atoms with Crippen LogP contribution in [0, 0.1) is 24.7 Å². The largest absolute Gasteiger partial charge is 0.336 e. The van der Waals surface area contributed by atoms with E-state index in [-0.39, 0.29) is 5.91 Å². The zero-order chi connectivity index (χ0) is 15.4. The quantitative estimate of drug-likeness (QED) is 0.806. The van der Waals surface area contributed by atoms with Crippen molar-refractivity contribution in [3.8, 4) is 11.8 Å². The molecule has 112 valence electrons. The number of carbonyl (C=O) groups is 1. The third kappa shape index (κ3) is 3.46. The molecule has 1 fully saturated rings. The molecule has 0 spiro atoms. The summed E-state index contributed by atoms with van der Waals surface area (Å²) >= 11 is 0. The fourth-order valence-electron chi connectivity index (χ4n) is 3.01. The maximum absolute atomic E-state index is 12.8. The van der Waals surface area contributed by atoms with Crippen molar-refractivity contribution in [2.45, 2.75) is 39.7 Å². The third-order valence-corrected chi connectivity index (χ3v) is 4.29. The van der Waals surface area contributed by atoms with Crippen LogP contribution in [0.4, 0.5) is 0 Å². The number of hydrogen-bond acceptors (Lipinski definition) is 2. The van der Waals surface area contributed by atoms with Crippen LogP contribution in [0.5, 0.6) is 0 Å². The minimum absolute atomic E-state index is 0.128. The van der Waals surface area contributed by atoms with E-state index in [9.17, 15) is 4.79 Å². The molecule has 2 rings (SSSR count). The number of nitrogens with zero attached hydrogens (tertiary/aromatic N) is 1. The molecular weight excluding hydrogens is 260 g/mol. The Morgan fingerprint density at radius 1 is 1.43 bits per heavy atom. The molecule has 1 heterocycles. The van der Waals surface area contributed by atoms with E-state index < -0.39 is 0 Å². The van der Waals surface area contributed by atoms with E-state index in [1.165, 1.54) is 0 Å². The van der Waals surface area contributed by atoms with Crippen LogP contribution in [-0.2, 0) is 0 Å². The van der Waals surface area contributed by atoms with Crippen molar-refractivity contribution < 1.29 is 4.79 Å². The van der Waals surface area contributed by atoms with Crippen molar-refractivity contribution in [3.05, 3.63) is 34.9 Å². The smallest absolute Gasteiger partial charge is 0.254 e. The molecule has 0 radical (unpaired) electrons. The Labute approximate surface area is 127 Å². The Kier molecular flexibility index (Phi) is 5.03. The minimum Gasteiger partial charge on any atom is -0.336 e. The number of amides is 1. The molecule has 0 bridgehead atoms. The molecule has 1 aromatic carbocycles. The van der Waals surface area contributed by atoms with Gasteiger partial charge in [0.2, 0.25) is 0 Å². The van der Waals surface area contributed by atoms with E-state index in [1.807, 2.05) is 30.0 Å². The second-order valence-electron chi connectivity index (χ2n) is 5.96. The van der Waals surface area contributed by atoms with E-state index in [0.717, 1.165) is 36.1 Å². The summed E-state index contributed by atoms with van der Waals surface area (Å²) in [6.07, 6.45) is 2.17. The van der Waals surface area contributed by atoms with Gasteiger partial charge in [-0.2, -0.15) is 0 Å². The normalized spacial score (nSPS) is 21.6. The molecule has 21 heavy (non-hydrogen) atoms. The molecular formula is C18H24N2O. The molecule has 3 nitrogen and oxygen atoms in total. The Morgan fingerprint density at radius 2 is 2.19 bits per heavy atom. The van der Waals surface area contributed by atoms with Crippen molar-refractivity contribution in [1.82, 2.24) is 4.90 Å². The van der Waals surface area contributed by atoms with Crippen LogP contribution in [0.1, 0.15) is 48.2 Å². The lowest BCUT2D eigenvalue weighted by Crippen LogP contribution is -2.44. The molecule has 2 unspecified atom stereocenters. The number of piperidine rings is 1. The predicted octanol–water partition coefficient (Wildman–Crippen LogP) is 2.57. The highest BCUT2D eigenvalue weighted by Crippen LogP contribution is 2.25. The fourth-order valence-corrected chi connectivity index (χ4v) is 3.01. The molecule has 3 heteroatoms. The van der Waals surface area contributed by atoms with Crippen LogP contribution in [-0.4, -0.2) is 29.9 Å². The van der Waals surface area contributed by atoms with Gasteiger partial charge in [0.05, 0.1) is 6.54 Å². The van der Waals surface area contributed by atoms with E-state index >= 15 is 0 Å². The second-order valence-corrected chi connectivity index (χ2v) is 5.96. The van der Waals surface area contributed by atoms with E-state index in [2.05, 4.69) is 25.7 Å². The minimum atomic E-state index is 0.128. The first-order valence-corrected chi connectivity index (χ1v) is 7.64. The van der Waals surface area contributed by atoms with Crippen LogP contribution < -0.4 is 5.73 Å². The SMILES string of the molecule is Cc1c(C#CCN)cccc1C(=O)N1CCC(C)CC1C. The zero-order valence-electron chi connectivity index (χ0n) is 13.1. The van der Waals surface area contributed by atoms with Crippen molar-refractivity contribution in [3.63, 3.8) is 0 Å². The lowest BCUT2D eigenvalue weighted by molar-refractivity contribution is 0.0588. The van der Waals surface area contributed by atoms with Crippen molar-refractivity contribution >= 4 is 5.91 Å². The highest BCUT2D eigenvalue weighted by atomic mass is 16.2. The maximum Gasteiger partial charge on any atom is 0.254 e. The highest BCUT2D eigenvalue weighted by molar-refractivity contribution is 5.96. The lowest BCUT2D eigenvalue weighted by atomic mass is 9.92. The van der Waals surface area contributed by atoms with Gasteiger partial charge in [-0.3, -0.25) is 4.79 Å². The van der Waals surface area contributed by atoms with E-state index in [1.54, 1.807) is 0 Å². The summed E-state index contributed by atoms with van der Waals surface area (Å²) in [6, 6.07) is 6.05. The summed E-state index contributed by atoms with van der Waals surface area (Å²) in [7, 11) is 0. The molecule has 1 aliphatic heterocycles. The number of nitrogens with two attached hydrogens (primary N) is 1. The zero-order valence-corrected chi connectivity index (χ0v) is 13.1. The number of hydrogen-bond donors (Lipinski definition) is 1. The van der Waals surface area contributed by atoms with Gasteiger partial charge >= 0.3 is 0 Å². The molecule has 0 aliphatic carbocycles. The Bertz CT molecular complexity index is 583. The van der Waals surface area contributed by atoms with E-state index in [0.29, 0.717) is 18.5 Å². The second kappa shape index (κ2) is 6.78. The number of benzene rings is 1. The Morgan fingerprint density at radius 3 is 2.86 bits per heavy atom. The molecule has 1 aromatic rings. The molecule has 1 saturated heterocycles. The topological polar surface area (TPSA) is 46.3 Å². The molecule has 2 N–H and O–H groups in total. The summed E-state index contributed by atoms with van der Waals surface area (Å²) in [5.74, 6) is 6.73. The summed E-state index contributed by atoms with van der Waals surface area (Å²) in [5.41, 5.74) is 8.03. The van der Waals surface area contributed by atoms with Crippen LogP contribution >= 0.6 is 0 Å². The van der Waals surface area contributed by atoms with Gasteiger partial charge in [-0.05, 0) is 50.3 Å². The van der Waals surface area contributed by atoms with E-state index in [4.69, 9.17) is 5.73 Å². The van der Waals surface area contributed by atoms with Crippen LogP contribution in [0.25, 0.3) is 0 Å². The first kappa shape index (κ1) is 15.6. The average Bonchev–Trinajstić information content (AvgIpc) is 2.45. The maximum atomic E-state index is 12.8. The van der Waals surface area contributed by atoms with Gasteiger partial charge in [-0.25, -0.2) is 0 Å². The van der Waals surface area contributed by atoms with Gasteiger partial charge in [-0.1, -0.05) is 24.8 Å². The van der Waals surface area contributed by atoms with Crippen LogP contribution in [0.3, 0.4) is 0 Å². The average molecular weight is 284 g/mol. The summed E-state index contributed by atoms with van der Waals surface area (Å²) in [6.45, 7) is 7.54. The summed E-state index contributed by atoms with van der Waals surface area (Å²) in [5, 5.41) is 0. The van der Waals surface area contributed by atoms with Gasteiger partial charge in [-0.15, -0.1) is 0 Å². The molecule has 2 atom stereocenters. The molecule has 0 aromatic heterocycles. The molecule has 0 saturated carbocycles. The molecule has 1 aliphatic rings. The lowest BCUT2D eigenvalue weighted by Gasteiger charge is -2.37. The monoisotopic (exact) mass is 284 g/mol. The Balaban J connectivity index is 2.27. The van der Waals surface area contributed by atoms with Crippen LogP contribution in [0.15, 0.2) is 18.2 Å². The van der Waals surface area contributed by atoms with Gasteiger partial charge in [0.25, 0.3) is 5.91 Å². The van der Waals surface area contributed by atoms with Gasteiger partial charge < -0.3 is 10.6 Å². The van der Waals surface area contributed by atoms with Crippen molar-refractivity contribution in [1.29, 1.82) is 0 Å². The first-order valence-electron chi connectivity index (χ1n) is 7.64. The van der Waals surface area contributed by atoms with Crippen molar-refractivity contribution in [2.24, 2.45) is 11.7 Å². The summed E-state index contributed by atoms with van der Waals surface area (Å²) < 4.78 is 0. The Hall–Kier alpha value is -1.79. The van der Waals surface area contributed by atoms with Crippen LogP contribution in [0.2, 0.25) is 0 Å². The standard InChI is InChI=1S/C18H24N2O/c1-13-9-11-20(14(2)12-13)18(21)17-8-4-6-16(15(17)3)7-5-10-19/h4,6,8,13-14H,9-12,19H2,1-3H3. The highest BCUT2D eigenvalue weighted by Gasteiger charge is 2.28. The predicted molar refractivity (Wildman–Crippen MR) is 86.0 cm³/mol. The number of likely N-dealkylation sites (tertiary alicyclic amines) is 1. The van der Waals surface area contributed by atoms with Gasteiger partial charge in [0.1, 0.15) is 0 Å². The van der Waals surface area contributed by atoms with Crippen molar-refractivity contribution in [2.75, 3.05) is 13.1 Å². The van der Waals surface area contributed by atoms with Gasteiger partial charge in [0, 0.05) is 23.7 Å². The number of rotatable bonds is 1. The van der Waals surface area contributed by atoms with Gasteiger partial charge in [0.15, 0.2) is 0 Å². The third-order valence-electron chi connectivity index (χ3n) is 4.29. The fraction of sp³-hybridized carbons (Fsp3) is 0.500. The summed E-state index contributed by atoms with van der Waals surface area (Å²) in [4.78, 5) is 14.8.